The van der Waals surface area contributed by atoms with Gasteiger partial charge in [-0.2, -0.15) is 0 Å². The number of carbonyl (C=O) groups is 2. The molecular weight excluding hydrogens is 369 g/mol. The fraction of sp³-hybridized carbons (Fsp3) is 0.429. The zero-order valence-electron chi connectivity index (χ0n) is 14.3. The summed E-state index contributed by atoms with van der Waals surface area (Å²) in [5, 5.41) is 0.772. The average Bonchev–Trinajstić information content (AvgIpc) is 3.28. The van der Waals surface area contributed by atoms with E-state index in [1.54, 1.807) is 18.2 Å². The van der Waals surface area contributed by atoms with Gasteiger partial charge in [0.15, 0.2) is 0 Å². The molecule has 5 heteroatoms. The number of rotatable bonds is 1. The minimum atomic E-state index is -0.253. The van der Waals surface area contributed by atoms with Crippen LogP contribution in [0.25, 0.3) is 0 Å². The molecule has 0 spiro atoms. The van der Waals surface area contributed by atoms with Gasteiger partial charge in [-0.15, -0.1) is 0 Å². The van der Waals surface area contributed by atoms with Gasteiger partial charge in [0.1, 0.15) is 0 Å². The molecule has 1 aliphatic heterocycles. The highest BCUT2D eigenvalue weighted by atomic mass is 35.5. The fourth-order valence-electron chi connectivity index (χ4n) is 5.38. The summed E-state index contributed by atoms with van der Waals surface area (Å²) in [5.74, 6) is -0.495. The quantitative estimate of drug-likeness (QED) is 0.491. The number of amides is 2. The first-order valence-corrected chi connectivity index (χ1v) is 10.1. The number of fused-ring (bicyclic) bond motifs is 5. The molecule has 0 unspecified atom stereocenters. The number of benzene rings is 1. The lowest BCUT2D eigenvalue weighted by atomic mass is 9.85. The van der Waals surface area contributed by atoms with Crippen molar-refractivity contribution in [1.29, 1.82) is 0 Å². The predicted molar refractivity (Wildman–Crippen MR) is 102 cm³/mol. The van der Waals surface area contributed by atoms with Gasteiger partial charge in [-0.05, 0) is 43.9 Å². The summed E-state index contributed by atoms with van der Waals surface area (Å²) in [5.41, 5.74) is 3.41. The molecule has 1 aromatic rings. The summed E-state index contributed by atoms with van der Waals surface area (Å²) in [6.45, 7) is 0. The third-order valence-electron chi connectivity index (χ3n) is 6.44. The van der Waals surface area contributed by atoms with Crippen LogP contribution in [0, 0.1) is 23.7 Å². The van der Waals surface area contributed by atoms with Crippen molar-refractivity contribution in [2.24, 2.45) is 23.7 Å². The standard InChI is InChI=1S/C21H19Cl2NO2/c22-15-9-6-12(10-16(15)23)24-20(25)18-13-7-8-14(19(18)21(24)26)17(13)11-4-2-1-3-5-11/h6-10,13-14,18-19H,1-5H2/t13-,14-,18+,19+/m0/s1. The van der Waals surface area contributed by atoms with Crippen molar-refractivity contribution in [2.75, 3.05) is 4.90 Å². The average molecular weight is 388 g/mol. The number of nitrogens with zero attached hydrogens (tertiary/aromatic N) is 1. The van der Waals surface area contributed by atoms with Gasteiger partial charge in [-0.25, -0.2) is 4.90 Å². The molecule has 5 rings (SSSR count). The van der Waals surface area contributed by atoms with Crippen LogP contribution < -0.4 is 4.90 Å². The third kappa shape index (κ3) is 2.20. The normalized spacial score (nSPS) is 32.8. The maximum Gasteiger partial charge on any atom is 0.238 e. The Morgan fingerprint density at radius 2 is 1.46 bits per heavy atom. The van der Waals surface area contributed by atoms with Crippen LogP contribution in [0.5, 0.6) is 0 Å². The second-order valence-electron chi connectivity index (χ2n) is 7.72. The van der Waals surface area contributed by atoms with Crippen LogP contribution in [0.4, 0.5) is 5.69 Å². The van der Waals surface area contributed by atoms with E-state index in [4.69, 9.17) is 23.2 Å². The topological polar surface area (TPSA) is 37.4 Å². The summed E-state index contributed by atoms with van der Waals surface area (Å²) in [7, 11) is 0. The Bertz CT molecular complexity index is 846. The van der Waals surface area contributed by atoms with E-state index >= 15 is 0 Å². The Labute approximate surface area is 162 Å². The molecule has 3 aliphatic carbocycles. The van der Waals surface area contributed by atoms with Gasteiger partial charge in [0, 0.05) is 11.8 Å². The Kier molecular flexibility index (Phi) is 3.81. The first kappa shape index (κ1) is 16.6. The first-order chi connectivity index (χ1) is 12.6. The van der Waals surface area contributed by atoms with E-state index in [-0.39, 0.29) is 35.5 Å². The fourth-order valence-corrected chi connectivity index (χ4v) is 5.67. The molecule has 4 atom stereocenters. The van der Waals surface area contributed by atoms with Gasteiger partial charge in [0.05, 0.1) is 27.6 Å². The second-order valence-corrected chi connectivity index (χ2v) is 8.53. The van der Waals surface area contributed by atoms with E-state index in [1.165, 1.54) is 35.3 Å². The van der Waals surface area contributed by atoms with Gasteiger partial charge in [-0.3, -0.25) is 9.59 Å². The molecule has 1 saturated heterocycles. The number of hydrogen-bond acceptors (Lipinski definition) is 2. The van der Waals surface area contributed by atoms with E-state index in [1.807, 2.05) is 0 Å². The molecule has 26 heavy (non-hydrogen) atoms. The minimum Gasteiger partial charge on any atom is -0.274 e. The molecule has 1 aromatic carbocycles. The zero-order valence-corrected chi connectivity index (χ0v) is 15.8. The van der Waals surface area contributed by atoms with Crippen molar-refractivity contribution >= 4 is 40.7 Å². The molecule has 1 heterocycles. The van der Waals surface area contributed by atoms with Crippen molar-refractivity contribution in [3.05, 3.63) is 51.5 Å². The van der Waals surface area contributed by atoms with Crippen molar-refractivity contribution < 1.29 is 9.59 Å². The van der Waals surface area contributed by atoms with Crippen molar-refractivity contribution in [3.63, 3.8) is 0 Å². The van der Waals surface area contributed by atoms with Crippen LogP contribution >= 0.6 is 23.2 Å². The first-order valence-electron chi connectivity index (χ1n) is 9.31. The molecule has 2 saturated carbocycles. The smallest absolute Gasteiger partial charge is 0.238 e. The Morgan fingerprint density at radius 1 is 0.846 bits per heavy atom. The van der Waals surface area contributed by atoms with Crippen LogP contribution in [-0.4, -0.2) is 11.8 Å². The number of hydrogen-bond donors (Lipinski definition) is 0. The lowest BCUT2D eigenvalue weighted by Crippen LogP contribution is -2.33. The van der Waals surface area contributed by atoms with Gasteiger partial charge in [0.2, 0.25) is 11.8 Å². The summed E-state index contributed by atoms with van der Waals surface area (Å²) in [6.07, 6.45) is 10.3. The number of allylic oxidation sites excluding steroid dienone is 4. The number of anilines is 1. The lowest BCUT2D eigenvalue weighted by Gasteiger charge is -2.23. The molecule has 2 amide bonds. The molecule has 0 radical (unpaired) electrons. The van der Waals surface area contributed by atoms with Crippen LogP contribution in [0.1, 0.15) is 32.1 Å². The van der Waals surface area contributed by atoms with Gasteiger partial charge < -0.3 is 0 Å². The number of imide groups is 1. The van der Waals surface area contributed by atoms with E-state index in [2.05, 4.69) is 12.2 Å². The van der Waals surface area contributed by atoms with Gasteiger partial charge in [-0.1, -0.05) is 52.9 Å². The predicted octanol–water partition coefficient (Wildman–Crippen LogP) is 5.18. The van der Waals surface area contributed by atoms with Crippen molar-refractivity contribution in [3.8, 4) is 0 Å². The highest BCUT2D eigenvalue weighted by molar-refractivity contribution is 6.42. The Balaban J connectivity index is 1.53. The highest BCUT2D eigenvalue weighted by Gasteiger charge is 2.62. The molecular formula is C21H19Cl2NO2. The van der Waals surface area contributed by atoms with Gasteiger partial charge >= 0.3 is 0 Å². The molecule has 2 bridgehead atoms. The highest BCUT2D eigenvalue weighted by Crippen LogP contribution is 2.58. The number of halogens is 2. The van der Waals surface area contributed by atoms with E-state index in [0.29, 0.717) is 15.7 Å². The molecule has 3 nitrogen and oxygen atoms in total. The summed E-state index contributed by atoms with van der Waals surface area (Å²) >= 11 is 12.1. The van der Waals surface area contributed by atoms with Crippen LogP contribution in [0.3, 0.4) is 0 Å². The summed E-state index contributed by atoms with van der Waals surface area (Å²) in [6, 6.07) is 4.94. The SMILES string of the molecule is O=C1[C@H]2[C@H](C(=O)N1c1ccc(Cl)c(Cl)c1)[C@H]1C=C[C@H]2C1=C1CCCCC1. The monoisotopic (exact) mass is 387 g/mol. The third-order valence-corrected chi connectivity index (χ3v) is 7.18. The molecule has 0 N–H and O–H groups in total. The van der Waals surface area contributed by atoms with Crippen LogP contribution in [0.15, 0.2) is 41.5 Å². The molecule has 4 aliphatic rings. The minimum absolute atomic E-state index is 0.0934. The van der Waals surface area contributed by atoms with Gasteiger partial charge in [0.25, 0.3) is 0 Å². The van der Waals surface area contributed by atoms with E-state index in [9.17, 15) is 9.59 Å². The van der Waals surface area contributed by atoms with Crippen molar-refractivity contribution in [2.45, 2.75) is 32.1 Å². The largest absolute Gasteiger partial charge is 0.274 e. The molecule has 134 valence electrons. The van der Waals surface area contributed by atoms with E-state index < -0.39 is 0 Å². The lowest BCUT2D eigenvalue weighted by molar-refractivity contribution is -0.122. The zero-order chi connectivity index (χ0) is 18.0. The number of carbonyl (C=O) groups excluding carboxylic acids is 2. The van der Waals surface area contributed by atoms with E-state index in [0.717, 1.165) is 12.8 Å². The van der Waals surface area contributed by atoms with Crippen LogP contribution in [-0.2, 0) is 9.59 Å². The molecule has 0 aromatic heterocycles. The maximum atomic E-state index is 13.2. The summed E-state index contributed by atoms with van der Waals surface area (Å²) < 4.78 is 0. The molecule has 3 fully saturated rings. The second kappa shape index (κ2) is 5.97. The Hall–Kier alpha value is -1.58. The summed E-state index contributed by atoms with van der Waals surface area (Å²) in [4.78, 5) is 27.7. The maximum absolute atomic E-state index is 13.2. The van der Waals surface area contributed by atoms with Crippen LogP contribution in [0.2, 0.25) is 10.0 Å². The van der Waals surface area contributed by atoms with Crippen molar-refractivity contribution in [1.82, 2.24) is 0 Å². The Morgan fingerprint density at radius 3 is 2.04 bits per heavy atom.